The first kappa shape index (κ1) is 25.6. The minimum absolute atomic E-state index is 0.0144. The molecule has 2 atom stereocenters. The standard InChI is InChI=1S/C23H18Cl2F3NO5/c1-12(22(32,23(26,27)28)13-7-8-29-20(25)9-13)16-5-3-14(10-18(16)24)34-15-4-6-17(21(30)31)19(11-15)33-2/h3-12,32H,1-2H3,(H,30,31). The van der Waals surface area contributed by atoms with Crippen LogP contribution in [0.3, 0.4) is 0 Å². The first-order chi connectivity index (χ1) is 15.9. The third-order valence-corrected chi connectivity index (χ3v) is 5.84. The molecule has 34 heavy (non-hydrogen) atoms. The number of hydrogen-bond donors (Lipinski definition) is 2. The van der Waals surface area contributed by atoms with Gasteiger partial charge in [0.25, 0.3) is 0 Å². The Morgan fingerprint density at radius 3 is 2.26 bits per heavy atom. The lowest BCUT2D eigenvalue weighted by Gasteiger charge is -2.37. The number of ether oxygens (including phenoxy) is 2. The van der Waals surface area contributed by atoms with Crippen LogP contribution in [0.1, 0.15) is 34.3 Å². The number of carboxylic acids is 1. The van der Waals surface area contributed by atoms with Crippen molar-refractivity contribution in [2.75, 3.05) is 7.11 Å². The summed E-state index contributed by atoms with van der Waals surface area (Å²) in [6.45, 7) is 1.19. The van der Waals surface area contributed by atoms with Gasteiger partial charge in [-0.25, -0.2) is 9.78 Å². The van der Waals surface area contributed by atoms with Crippen LogP contribution in [-0.2, 0) is 5.60 Å². The first-order valence-corrected chi connectivity index (χ1v) is 10.4. The van der Waals surface area contributed by atoms with Crippen molar-refractivity contribution in [3.05, 3.63) is 81.6 Å². The van der Waals surface area contributed by atoms with E-state index in [2.05, 4.69) is 4.98 Å². The molecule has 0 saturated heterocycles. The molecule has 2 N–H and O–H groups in total. The van der Waals surface area contributed by atoms with Gasteiger partial charge in [-0.1, -0.05) is 36.2 Å². The zero-order valence-corrected chi connectivity index (χ0v) is 19.2. The minimum Gasteiger partial charge on any atom is -0.496 e. The fourth-order valence-electron chi connectivity index (χ4n) is 3.49. The van der Waals surface area contributed by atoms with E-state index in [1.54, 1.807) is 0 Å². The number of carboxylic acid groups (broad SMARTS) is 1. The Hall–Kier alpha value is -3.01. The molecule has 6 nitrogen and oxygen atoms in total. The van der Waals surface area contributed by atoms with E-state index in [9.17, 15) is 23.1 Å². The second-order valence-corrected chi connectivity index (χ2v) is 8.10. The van der Waals surface area contributed by atoms with E-state index in [4.69, 9.17) is 37.8 Å². The maximum Gasteiger partial charge on any atom is 0.422 e. The number of rotatable bonds is 7. The van der Waals surface area contributed by atoms with Crippen molar-refractivity contribution >= 4 is 29.2 Å². The van der Waals surface area contributed by atoms with Crippen molar-refractivity contribution in [2.24, 2.45) is 0 Å². The molecule has 1 aromatic heterocycles. The molecule has 180 valence electrons. The summed E-state index contributed by atoms with van der Waals surface area (Å²) in [5, 5.41) is 19.7. The van der Waals surface area contributed by atoms with Crippen LogP contribution in [0, 0.1) is 0 Å². The lowest BCUT2D eigenvalue weighted by molar-refractivity contribution is -0.274. The second kappa shape index (κ2) is 9.69. The highest BCUT2D eigenvalue weighted by Crippen LogP contribution is 2.50. The van der Waals surface area contributed by atoms with Crippen LogP contribution in [0.4, 0.5) is 13.2 Å². The Morgan fingerprint density at radius 2 is 1.71 bits per heavy atom. The van der Waals surface area contributed by atoms with Crippen molar-refractivity contribution in [3.8, 4) is 17.2 Å². The Labute approximate surface area is 202 Å². The van der Waals surface area contributed by atoms with E-state index in [0.29, 0.717) is 0 Å². The third kappa shape index (κ3) is 4.91. The number of nitrogens with zero attached hydrogens (tertiary/aromatic N) is 1. The number of aromatic nitrogens is 1. The molecule has 0 aliphatic heterocycles. The quantitative estimate of drug-likeness (QED) is 0.352. The average Bonchev–Trinajstić information content (AvgIpc) is 2.77. The van der Waals surface area contributed by atoms with Gasteiger partial charge in [-0.2, -0.15) is 13.2 Å². The number of methoxy groups -OCH3 is 1. The van der Waals surface area contributed by atoms with Crippen molar-refractivity contribution in [3.63, 3.8) is 0 Å². The molecular formula is C23H18Cl2F3NO5. The molecular weight excluding hydrogens is 498 g/mol. The normalized spacial score (nSPS) is 14.2. The molecule has 2 unspecified atom stereocenters. The molecule has 0 amide bonds. The van der Waals surface area contributed by atoms with Gasteiger partial charge in [0.15, 0.2) is 5.60 Å². The van der Waals surface area contributed by atoms with Crippen LogP contribution in [0.2, 0.25) is 10.2 Å². The number of carbonyl (C=O) groups is 1. The number of alkyl halides is 3. The Kier molecular flexibility index (Phi) is 7.30. The van der Waals surface area contributed by atoms with E-state index >= 15 is 0 Å². The average molecular weight is 516 g/mol. The van der Waals surface area contributed by atoms with Crippen molar-refractivity contribution in [1.29, 1.82) is 0 Å². The maximum atomic E-state index is 14.1. The fraction of sp³-hybridized carbons (Fsp3) is 0.217. The Bertz CT molecular complexity index is 1220. The predicted molar refractivity (Wildman–Crippen MR) is 119 cm³/mol. The minimum atomic E-state index is -5.06. The van der Waals surface area contributed by atoms with Gasteiger partial charge in [0, 0.05) is 23.2 Å². The van der Waals surface area contributed by atoms with Crippen LogP contribution in [-0.4, -0.2) is 34.5 Å². The van der Waals surface area contributed by atoms with Crippen LogP contribution in [0.15, 0.2) is 54.7 Å². The lowest BCUT2D eigenvalue weighted by atomic mass is 9.78. The summed E-state index contributed by atoms with van der Waals surface area (Å²) in [6.07, 6.45) is -3.98. The van der Waals surface area contributed by atoms with E-state index in [-0.39, 0.29) is 38.6 Å². The molecule has 11 heteroatoms. The maximum absolute atomic E-state index is 14.1. The Morgan fingerprint density at radius 1 is 1.06 bits per heavy atom. The highest BCUT2D eigenvalue weighted by molar-refractivity contribution is 6.31. The molecule has 0 saturated carbocycles. The van der Waals surface area contributed by atoms with E-state index < -0.39 is 29.2 Å². The highest BCUT2D eigenvalue weighted by atomic mass is 35.5. The molecule has 1 heterocycles. The van der Waals surface area contributed by atoms with Gasteiger partial charge in [-0.3, -0.25) is 0 Å². The van der Waals surface area contributed by atoms with Gasteiger partial charge < -0.3 is 19.7 Å². The van der Waals surface area contributed by atoms with Gasteiger partial charge in [-0.05, 0) is 47.5 Å². The van der Waals surface area contributed by atoms with Gasteiger partial charge in [0.1, 0.15) is 28.0 Å². The van der Waals surface area contributed by atoms with Crippen molar-refractivity contribution in [1.82, 2.24) is 4.98 Å². The van der Waals surface area contributed by atoms with Crippen molar-refractivity contribution in [2.45, 2.75) is 24.6 Å². The predicted octanol–water partition coefficient (Wildman–Crippen LogP) is 6.44. The zero-order valence-electron chi connectivity index (χ0n) is 17.7. The summed E-state index contributed by atoms with van der Waals surface area (Å²) in [5.41, 5.74) is -3.83. The lowest BCUT2D eigenvalue weighted by Crippen LogP contribution is -2.46. The van der Waals surface area contributed by atoms with E-state index in [0.717, 1.165) is 18.3 Å². The Balaban J connectivity index is 1.95. The summed E-state index contributed by atoms with van der Waals surface area (Å²) in [7, 11) is 1.30. The highest BCUT2D eigenvalue weighted by Gasteiger charge is 2.59. The van der Waals surface area contributed by atoms with Gasteiger partial charge in [0.05, 0.1) is 7.11 Å². The van der Waals surface area contributed by atoms with Gasteiger partial charge >= 0.3 is 12.1 Å². The van der Waals surface area contributed by atoms with Crippen molar-refractivity contribution < 1.29 is 37.7 Å². The molecule has 0 spiro atoms. The van der Waals surface area contributed by atoms with Crippen LogP contribution in [0.25, 0.3) is 0 Å². The smallest absolute Gasteiger partial charge is 0.422 e. The molecule has 0 fully saturated rings. The SMILES string of the molecule is COc1cc(Oc2ccc(C(C)C(O)(c3ccnc(Cl)c3)C(F)(F)F)c(Cl)c2)ccc1C(=O)O. The van der Waals surface area contributed by atoms with E-state index in [1.165, 1.54) is 50.4 Å². The second-order valence-electron chi connectivity index (χ2n) is 7.31. The molecule has 0 bridgehead atoms. The van der Waals surface area contributed by atoms with Crippen LogP contribution in [0.5, 0.6) is 17.2 Å². The van der Waals surface area contributed by atoms with Crippen LogP contribution < -0.4 is 9.47 Å². The number of hydrogen-bond acceptors (Lipinski definition) is 5. The zero-order chi connectivity index (χ0) is 25.3. The number of aliphatic hydroxyl groups is 1. The number of benzene rings is 2. The summed E-state index contributed by atoms with van der Waals surface area (Å²) >= 11 is 12.0. The van der Waals surface area contributed by atoms with Gasteiger partial charge in [0.2, 0.25) is 0 Å². The summed E-state index contributed by atoms with van der Waals surface area (Å²) < 4.78 is 52.9. The fourth-order valence-corrected chi connectivity index (χ4v) is 4.00. The third-order valence-electron chi connectivity index (χ3n) is 5.30. The summed E-state index contributed by atoms with van der Waals surface area (Å²) in [5.74, 6) is -2.25. The topological polar surface area (TPSA) is 88.9 Å². The number of pyridine rings is 1. The number of aromatic carboxylic acids is 1. The molecule has 0 radical (unpaired) electrons. The number of halogens is 5. The largest absolute Gasteiger partial charge is 0.496 e. The summed E-state index contributed by atoms with van der Waals surface area (Å²) in [6, 6.07) is 10.0. The van der Waals surface area contributed by atoms with Gasteiger partial charge in [-0.15, -0.1) is 0 Å². The molecule has 3 aromatic rings. The molecule has 3 rings (SSSR count). The van der Waals surface area contributed by atoms with Crippen LogP contribution >= 0.6 is 23.2 Å². The molecule has 0 aliphatic rings. The first-order valence-electron chi connectivity index (χ1n) is 9.68. The summed E-state index contributed by atoms with van der Waals surface area (Å²) in [4.78, 5) is 14.9. The monoisotopic (exact) mass is 515 g/mol. The van der Waals surface area contributed by atoms with E-state index in [1.807, 2.05) is 0 Å². The molecule has 0 aliphatic carbocycles. The molecule has 2 aromatic carbocycles.